The second-order valence-corrected chi connectivity index (χ2v) is 5.31. The molecule has 1 aromatic carbocycles. The molecule has 2 N–H and O–H groups in total. The highest BCUT2D eigenvalue weighted by Gasteiger charge is 2.02. The van der Waals surface area contributed by atoms with Crippen molar-refractivity contribution in [1.82, 2.24) is 9.78 Å². The fourth-order valence-electron chi connectivity index (χ4n) is 2.48. The lowest BCUT2D eigenvalue weighted by molar-refractivity contribution is 0.532. The molecular formula is C16H25N3. The third-order valence-electron chi connectivity index (χ3n) is 3.64. The maximum Gasteiger partial charge on any atom is 0.0702 e. The highest BCUT2D eigenvalue weighted by Crippen LogP contribution is 2.17. The Morgan fingerprint density at radius 1 is 1.05 bits per heavy atom. The lowest BCUT2D eigenvalue weighted by Crippen LogP contribution is -2.00. The molecule has 0 saturated heterocycles. The summed E-state index contributed by atoms with van der Waals surface area (Å²) in [4.78, 5) is 0. The normalized spacial score (nSPS) is 11.2. The maximum atomic E-state index is 5.83. The van der Waals surface area contributed by atoms with Crippen molar-refractivity contribution in [3.8, 4) is 0 Å². The number of aromatic nitrogens is 2. The minimum atomic E-state index is 0.814. The van der Waals surface area contributed by atoms with E-state index in [4.69, 9.17) is 5.73 Å². The molecule has 3 heteroatoms. The van der Waals surface area contributed by atoms with Gasteiger partial charge in [-0.1, -0.05) is 45.4 Å². The number of aryl methyl sites for hydroxylation is 1. The van der Waals surface area contributed by atoms with Gasteiger partial charge in [0.15, 0.2) is 0 Å². The number of benzene rings is 1. The number of nitrogens with two attached hydrogens (primary N) is 1. The molecule has 104 valence electrons. The molecule has 0 aliphatic carbocycles. The van der Waals surface area contributed by atoms with Crippen LogP contribution < -0.4 is 5.73 Å². The van der Waals surface area contributed by atoms with E-state index in [9.17, 15) is 0 Å². The highest BCUT2D eigenvalue weighted by molar-refractivity contribution is 5.81. The summed E-state index contributed by atoms with van der Waals surface area (Å²) in [5.74, 6) is 0. The van der Waals surface area contributed by atoms with Crippen LogP contribution in [0.1, 0.15) is 51.9 Å². The van der Waals surface area contributed by atoms with Crippen LogP contribution in [0.3, 0.4) is 0 Å². The van der Waals surface area contributed by atoms with Crippen LogP contribution in [-0.4, -0.2) is 9.78 Å². The summed E-state index contributed by atoms with van der Waals surface area (Å²) >= 11 is 0. The standard InChI is InChI=1S/C16H25N3/c1-2-3-4-5-6-7-8-11-19-16-12-15(17)10-9-14(16)13-18-19/h9-10,12-13H,2-8,11,17H2,1H3. The van der Waals surface area contributed by atoms with Crippen LogP contribution in [0.5, 0.6) is 0 Å². The molecule has 19 heavy (non-hydrogen) atoms. The van der Waals surface area contributed by atoms with Gasteiger partial charge in [0.25, 0.3) is 0 Å². The van der Waals surface area contributed by atoms with Crippen LogP contribution in [0.25, 0.3) is 10.9 Å². The molecule has 0 saturated carbocycles. The summed E-state index contributed by atoms with van der Waals surface area (Å²) in [6.45, 7) is 3.26. The van der Waals surface area contributed by atoms with E-state index in [1.54, 1.807) is 0 Å². The third-order valence-corrected chi connectivity index (χ3v) is 3.64. The van der Waals surface area contributed by atoms with Gasteiger partial charge in [-0.25, -0.2) is 0 Å². The number of nitrogens with zero attached hydrogens (tertiary/aromatic N) is 2. The van der Waals surface area contributed by atoms with Crippen molar-refractivity contribution in [3.05, 3.63) is 24.4 Å². The first kappa shape index (κ1) is 13.9. The number of fused-ring (bicyclic) bond motifs is 1. The molecule has 0 amide bonds. The Balaban J connectivity index is 1.77. The molecule has 0 aliphatic rings. The van der Waals surface area contributed by atoms with Crippen LogP contribution in [0.4, 0.5) is 5.69 Å². The molecular weight excluding hydrogens is 234 g/mol. The number of hydrogen-bond donors (Lipinski definition) is 1. The van der Waals surface area contributed by atoms with Gasteiger partial charge in [0.05, 0.1) is 11.7 Å². The summed E-state index contributed by atoms with van der Waals surface area (Å²) in [7, 11) is 0. The van der Waals surface area contributed by atoms with E-state index >= 15 is 0 Å². The van der Waals surface area contributed by atoms with Gasteiger partial charge in [0.1, 0.15) is 0 Å². The van der Waals surface area contributed by atoms with Gasteiger partial charge in [-0.2, -0.15) is 5.10 Å². The predicted octanol–water partition coefficient (Wildman–Crippen LogP) is 4.37. The van der Waals surface area contributed by atoms with Gasteiger partial charge in [-0.3, -0.25) is 4.68 Å². The Hall–Kier alpha value is -1.51. The number of anilines is 1. The molecule has 0 radical (unpaired) electrons. The molecule has 1 aromatic heterocycles. The van der Waals surface area contributed by atoms with Crippen LogP contribution in [-0.2, 0) is 6.54 Å². The van der Waals surface area contributed by atoms with E-state index < -0.39 is 0 Å². The fraction of sp³-hybridized carbons (Fsp3) is 0.562. The van der Waals surface area contributed by atoms with Crippen LogP contribution in [0.2, 0.25) is 0 Å². The van der Waals surface area contributed by atoms with Crippen molar-refractivity contribution < 1.29 is 0 Å². The molecule has 0 atom stereocenters. The van der Waals surface area contributed by atoms with Crippen LogP contribution in [0.15, 0.2) is 24.4 Å². The Labute approximate surface area is 115 Å². The zero-order chi connectivity index (χ0) is 13.5. The number of rotatable bonds is 8. The molecule has 0 aliphatic heterocycles. The van der Waals surface area contributed by atoms with Crippen molar-refractivity contribution in [2.75, 3.05) is 5.73 Å². The smallest absolute Gasteiger partial charge is 0.0702 e. The summed E-state index contributed by atoms with van der Waals surface area (Å²) < 4.78 is 2.08. The van der Waals surface area contributed by atoms with Crippen LogP contribution >= 0.6 is 0 Å². The largest absolute Gasteiger partial charge is 0.399 e. The van der Waals surface area contributed by atoms with Gasteiger partial charge < -0.3 is 5.73 Å². The van der Waals surface area contributed by atoms with Crippen molar-refractivity contribution >= 4 is 16.6 Å². The van der Waals surface area contributed by atoms with Gasteiger partial charge in [0, 0.05) is 17.6 Å². The zero-order valence-corrected chi connectivity index (χ0v) is 11.9. The Morgan fingerprint density at radius 3 is 2.58 bits per heavy atom. The summed E-state index contributed by atoms with van der Waals surface area (Å²) in [5, 5.41) is 5.62. The number of nitrogen functional groups attached to an aromatic ring is 1. The summed E-state index contributed by atoms with van der Waals surface area (Å²) in [6, 6.07) is 5.99. The molecule has 0 unspecified atom stereocenters. The van der Waals surface area contributed by atoms with Crippen LogP contribution in [0, 0.1) is 0 Å². The highest BCUT2D eigenvalue weighted by atomic mass is 15.3. The van der Waals surface area contributed by atoms with E-state index in [0.717, 1.165) is 17.7 Å². The zero-order valence-electron chi connectivity index (χ0n) is 11.9. The van der Waals surface area contributed by atoms with Crippen molar-refractivity contribution in [2.24, 2.45) is 0 Å². The van der Waals surface area contributed by atoms with Gasteiger partial charge >= 0.3 is 0 Å². The minimum absolute atomic E-state index is 0.814. The lowest BCUT2D eigenvalue weighted by atomic mass is 10.1. The second-order valence-electron chi connectivity index (χ2n) is 5.31. The quantitative estimate of drug-likeness (QED) is 0.565. The molecule has 0 spiro atoms. The first-order valence-corrected chi connectivity index (χ1v) is 7.52. The molecule has 1 heterocycles. The molecule has 0 fully saturated rings. The summed E-state index contributed by atoms with van der Waals surface area (Å²) in [5.41, 5.74) is 7.81. The number of hydrogen-bond acceptors (Lipinski definition) is 2. The summed E-state index contributed by atoms with van der Waals surface area (Å²) in [6.07, 6.45) is 11.2. The van der Waals surface area contributed by atoms with Gasteiger partial charge in [-0.15, -0.1) is 0 Å². The average molecular weight is 259 g/mol. The topological polar surface area (TPSA) is 43.8 Å². The predicted molar refractivity (Wildman–Crippen MR) is 82.1 cm³/mol. The number of unbranched alkanes of at least 4 members (excludes halogenated alkanes) is 6. The van der Waals surface area contributed by atoms with Crippen molar-refractivity contribution in [3.63, 3.8) is 0 Å². The molecule has 0 bridgehead atoms. The van der Waals surface area contributed by atoms with Gasteiger partial charge in [-0.05, 0) is 24.6 Å². The first-order chi connectivity index (χ1) is 9.31. The lowest BCUT2D eigenvalue weighted by Gasteiger charge is -2.04. The van der Waals surface area contributed by atoms with E-state index in [2.05, 4.69) is 16.7 Å². The molecule has 2 rings (SSSR count). The Morgan fingerprint density at radius 2 is 1.79 bits per heavy atom. The average Bonchev–Trinajstić information content (AvgIpc) is 2.80. The Bertz CT molecular complexity index is 502. The van der Waals surface area contributed by atoms with Crippen molar-refractivity contribution in [1.29, 1.82) is 0 Å². The fourth-order valence-corrected chi connectivity index (χ4v) is 2.48. The maximum absolute atomic E-state index is 5.83. The van der Waals surface area contributed by atoms with E-state index in [0.29, 0.717) is 0 Å². The Kier molecular flexibility index (Phi) is 5.25. The minimum Gasteiger partial charge on any atom is -0.399 e. The second kappa shape index (κ2) is 7.17. The van der Waals surface area contributed by atoms with E-state index in [-0.39, 0.29) is 0 Å². The third kappa shape index (κ3) is 3.98. The molecule has 3 nitrogen and oxygen atoms in total. The first-order valence-electron chi connectivity index (χ1n) is 7.52. The van der Waals surface area contributed by atoms with Crippen molar-refractivity contribution in [2.45, 2.75) is 58.4 Å². The SMILES string of the molecule is CCCCCCCCCn1ncc2ccc(N)cc21. The van der Waals surface area contributed by atoms with E-state index in [1.165, 1.54) is 50.3 Å². The monoisotopic (exact) mass is 259 g/mol. The molecule has 2 aromatic rings. The van der Waals surface area contributed by atoms with E-state index in [1.807, 2.05) is 24.4 Å². The van der Waals surface area contributed by atoms with Gasteiger partial charge in [0.2, 0.25) is 0 Å².